The number of carboxylic acid groups (broad SMARTS) is 1. The predicted octanol–water partition coefficient (Wildman–Crippen LogP) is 6.98. The third-order valence-corrected chi connectivity index (χ3v) is 8.63. The summed E-state index contributed by atoms with van der Waals surface area (Å²) < 4.78 is 1.19. The van der Waals surface area contributed by atoms with Crippen molar-refractivity contribution < 1.29 is 15.0 Å². The van der Waals surface area contributed by atoms with Crippen molar-refractivity contribution in [2.75, 3.05) is 19.6 Å². The quantitative estimate of drug-likeness (QED) is 0.296. The van der Waals surface area contributed by atoms with Gasteiger partial charge in [0.15, 0.2) is 5.75 Å². The molecule has 0 saturated heterocycles. The topological polar surface area (TPSA) is 73.7 Å². The van der Waals surface area contributed by atoms with E-state index in [2.05, 4.69) is 44.7 Å². The largest absolute Gasteiger partial charge is 0.505 e. The number of fused-ring (bicyclic) bond motifs is 4. The van der Waals surface area contributed by atoms with Gasteiger partial charge < -0.3 is 15.1 Å². The molecular weight excluding hydrogens is 468 g/mol. The third-order valence-electron chi connectivity index (χ3n) is 7.35. The zero-order valence-corrected chi connectivity index (χ0v) is 22.5. The molecule has 4 aromatic rings. The van der Waals surface area contributed by atoms with Crippen molar-refractivity contribution in [1.82, 2.24) is 9.88 Å². The van der Waals surface area contributed by atoms with Crippen molar-refractivity contribution in [2.24, 2.45) is 0 Å². The number of pyridine rings is 1. The summed E-state index contributed by atoms with van der Waals surface area (Å²) in [6, 6.07) is 12.0. The van der Waals surface area contributed by atoms with Crippen LogP contribution in [0.5, 0.6) is 5.75 Å². The number of aromatic hydroxyl groups is 1. The lowest BCUT2D eigenvalue weighted by Crippen LogP contribution is -2.21. The van der Waals surface area contributed by atoms with E-state index in [-0.39, 0.29) is 11.3 Å². The number of aryl methyl sites for hydroxylation is 3. The van der Waals surface area contributed by atoms with Crippen molar-refractivity contribution in [3.05, 3.63) is 69.2 Å². The summed E-state index contributed by atoms with van der Waals surface area (Å²) in [5.74, 6) is -1.32. The molecule has 5 nitrogen and oxygen atoms in total. The average molecular weight is 505 g/mol. The number of nitrogens with zero attached hydrogens (tertiary/aromatic N) is 2. The fourth-order valence-corrected chi connectivity index (χ4v) is 6.37. The van der Waals surface area contributed by atoms with Crippen LogP contribution in [0.1, 0.15) is 71.2 Å². The van der Waals surface area contributed by atoms with Gasteiger partial charge in [-0.2, -0.15) is 0 Å². The summed E-state index contributed by atoms with van der Waals surface area (Å²) in [7, 11) is 0. The molecule has 2 N–H and O–H groups in total. The van der Waals surface area contributed by atoms with E-state index in [1.54, 1.807) is 11.3 Å². The van der Waals surface area contributed by atoms with E-state index in [1.807, 2.05) is 24.3 Å². The van der Waals surface area contributed by atoms with Gasteiger partial charge in [-0.3, -0.25) is 0 Å². The average Bonchev–Trinajstić information content (AvgIpc) is 3.21. The lowest BCUT2D eigenvalue weighted by molar-refractivity contribution is 0.0695. The molecule has 0 radical (unpaired) electrons. The highest BCUT2D eigenvalue weighted by molar-refractivity contribution is 7.19. The van der Waals surface area contributed by atoms with Gasteiger partial charge in [-0.1, -0.05) is 51.1 Å². The minimum Gasteiger partial charge on any atom is -0.505 e. The van der Waals surface area contributed by atoms with E-state index < -0.39 is 5.97 Å². The molecule has 0 fully saturated rings. The van der Waals surface area contributed by atoms with Gasteiger partial charge >= 0.3 is 5.97 Å². The lowest BCUT2D eigenvalue weighted by Gasteiger charge is -2.19. The van der Waals surface area contributed by atoms with Gasteiger partial charge in [-0.05, 0) is 80.4 Å². The van der Waals surface area contributed by atoms with Gasteiger partial charge in [0.25, 0.3) is 0 Å². The SMILES string of the molecule is CCN(CC)CC.Cc1c(Cc2nc3c4c(ccc3c(C(=O)O)c2O)CCCC4)sc2ccccc12. The van der Waals surface area contributed by atoms with Gasteiger partial charge in [0.2, 0.25) is 0 Å². The van der Waals surface area contributed by atoms with E-state index in [9.17, 15) is 15.0 Å². The molecule has 2 aromatic carbocycles. The number of aromatic nitrogens is 1. The molecule has 0 atom stereocenters. The summed E-state index contributed by atoms with van der Waals surface area (Å²) in [4.78, 5) is 20.3. The highest BCUT2D eigenvalue weighted by Gasteiger charge is 2.24. The first-order valence-corrected chi connectivity index (χ1v) is 13.8. The Labute approximate surface area is 217 Å². The minimum atomic E-state index is -1.11. The Kier molecular flexibility index (Phi) is 8.27. The van der Waals surface area contributed by atoms with Crippen molar-refractivity contribution in [1.29, 1.82) is 0 Å². The molecule has 0 amide bonds. The minimum absolute atomic E-state index is 0.0304. The Bertz CT molecular complexity index is 1380. The molecule has 2 aromatic heterocycles. The van der Waals surface area contributed by atoms with Crippen LogP contribution in [0.2, 0.25) is 0 Å². The third kappa shape index (κ3) is 5.11. The van der Waals surface area contributed by atoms with Gasteiger partial charge in [-0.15, -0.1) is 11.3 Å². The maximum Gasteiger partial charge on any atom is 0.340 e. The molecule has 1 aliphatic carbocycles. The van der Waals surface area contributed by atoms with Crippen LogP contribution in [0.15, 0.2) is 36.4 Å². The van der Waals surface area contributed by atoms with Crippen molar-refractivity contribution in [3.8, 4) is 5.75 Å². The van der Waals surface area contributed by atoms with Crippen molar-refractivity contribution in [2.45, 2.75) is 59.8 Å². The van der Waals surface area contributed by atoms with Gasteiger partial charge in [0.1, 0.15) is 5.56 Å². The number of hydrogen-bond acceptors (Lipinski definition) is 5. The van der Waals surface area contributed by atoms with Crippen LogP contribution in [0.3, 0.4) is 0 Å². The Balaban J connectivity index is 0.000000384. The molecule has 0 aliphatic heterocycles. The van der Waals surface area contributed by atoms with E-state index >= 15 is 0 Å². The fraction of sp³-hybridized carbons (Fsp3) is 0.400. The lowest BCUT2D eigenvalue weighted by atomic mass is 9.88. The number of aromatic carboxylic acids is 1. The highest BCUT2D eigenvalue weighted by atomic mass is 32.1. The van der Waals surface area contributed by atoms with Gasteiger partial charge in [0, 0.05) is 21.4 Å². The van der Waals surface area contributed by atoms with Crippen LogP contribution in [0, 0.1) is 6.92 Å². The first-order valence-electron chi connectivity index (χ1n) is 13.0. The van der Waals surface area contributed by atoms with Crippen LogP contribution in [-0.4, -0.2) is 45.7 Å². The Morgan fingerprint density at radius 1 is 1.00 bits per heavy atom. The van der Waals surface area contributed by atoms with Crippen LogP contribution in [0.4, 0.5) is 0 Å². The normalized spacial score (nSPS) is 13.0. The molecule has 0 unspecified atom stereocenters. The molecule has 36 heavy (non-hydrogen) atoms. The maximum atomic E-state index is 12.0. The van der Waals surface area contributed by atoms with Crippen LogP contribution < -0.4 is 0 Å². The summed E-state index contributed by atoms with van der Waals surface area (Å²) in [6.07, 6.45) is 4.57. The zero-order chi connectivity index (χ0) is 25.8. The molecule has 1 aliphatic rings. The van der Waals surface area contributed by atoms with Gasteiger partial charge in [0.05, 0.1) is 11.2 Å². The smallest absolute Gasteiger partial charge is 0.340 e. The van der Waals surface area contributed by atoms with E-state index in [0.717, 1.165) is 41.6 Å². The number of carboxylic acids is 1. The highest BCUT2D eigenvalue weighted by Crippen LogP contribution is 2.38. The number of benzene rings is 2. The van der Waals surface area contributed by atoms with Crippen molar-refractivity contribution >= 4 is 38.3 Å². The molecule has 190 valence electrons. The standard InChI is InChI=1S/C24H21NO3S.C6H15N/c1-13-15-7-4-5-9-19(15)29-20(13)12-18-23(26)21(24(27)28)17-11-10-14-6-2-3-8-16(14)22(17)25-18;1-4-7(5-2)6-3/h4-5,7,9-11,26H,2-3,6,8,12H2,1H3,(H,27,28);4-6H2,1-3H3. The van der Waals surface area contributed by atoms with Crippen LogP contribution in [-0.2, 0) is 19.3 Å². The molecular formula is C30H36N2O3S. The summed E-state index contributed by atoms with van der Waals surface area (Å²) >= 11 is 1.68. The predicted molar refractivity (Wildman–Crippen MR) is 150 cm³/mol. The molecule has 6 heteroatoms. The fourth-order valence-electron chi connectivity index (χ4n) is 5.15. The molecule has 0 saturated carbocycles. The summed E-state index contributed by atoms with van der Waals surface area (Å²) in [6.45, 7) is 12.2. The second-order valence-corrected chi connectivity index (χ2v) is 10.5. The summed E-state index contributed by atoms with van der Waals surface area (Å²) in [5, 5.41) is 22.4. The second kappa shape index (κ2) is 11.4. The molecule has 0 bridgehead atoms. The van der Waals surface area contributed by atoms with Crippen LogP contribution in [0.25, 0.3) is 21.0 Å². The van der Waals surface area contributed by atoms with E-state index in [1.165, 1.54) is 40.8 Å². The number of thiophene rings is 1. The Morgan fingerprint density at radius 2 is 1.69 bits per heavy atom. The van der Waals surface area contributed by atoms with Crippen molar-refractivity contribution in [3.63, 3.8) is 0 Å². The number of rotatable bonds is 6. The molecule has 2 heterocycles. The zero-order valence-electron chi connectivity index (χ0n) is 21.7. The van der Waals surface area contributed by atoms with E-state index in [0.29, 0.717) is 17.5 Å². The number of hydrogen-bond donors (Lipinski definition) is 2. The molecule has 0 spiro atoms. The maximum absolute atomic E-state index is 12.0. The molecule has 5 rings (SSSR count). The van der Waals surface area contributed by atoms with Gasteiger partial charge in [-0.25, -0.2) is 9.78 Å². The second-order valence-electron chi connectivity index (χ2n) is 9.34. The Morgan fingerprint density at radius 3 is 2.33 bits per heavy atom. The van der Waals surface area contributed by atoms with Crippen LogP contribution >= 0.6 is 11.3 Å². The first-order chi connectivity index (χ1) is 17.4. The summed E-state index contributed by atoms with van der Waals surface area (Å²) in [5.41, 5.74) is 4.72. The Hall–Kier alpha value is -2.96. The first kappa shape index (κ1) is 26.1. The van der Waals surface area contributed by atoms with E-state index in [4.69, 9.17) is 4.98 Å². The number of carbonyl (C=O) groups is 1. The monoisotopic (exact) mass is 504 g/mol.